The number of hydrogen-bond acceptors (Lipinski definition) is 8. The summed E-state index contributed by atoms with van der Waals surface area (Å²) in [6.07, 6.45) is 4.83. The molecule has 0 N–H and O–H groups in total. The van der Waals surface area contributed by atoms with Gasteiger partial charge in [0.15, 0.2) is 5.82 Å². The molecule has 0 saturated carbocycles. The maximum atomic E-state index is 12.6. The van der Waals surface area contributed by atoms with Gasteiger partial charge < -0.3 is 9.42 Å². The van der Waals surface area contributed by atoms with Crippen LogP contribution >= 0.6 is 0 Å². The molecule has 0 aliphatic carbocycles. The van der Waals surface area contributed by atoms with Gasteiger partial charge in [0, 0.05) is 61.5 Å². The highest BCUT2D eigenvalue weighted by Crippen LogP contribution is 2.25. The van der Waals surface area contributed by atoms with Crippen LogP contribution in [0, 0.1) is 13.8 Å². The number of aryl methyl sites for hydroxylation is 1. The highest BCUT2D eigenvalue weighted by atomic mass is 32.2. The van der Waals surface area contributed by atoms with Gasteiger partial charge in [0.1, 0.15) is 17.8 Å². The van der Waals surface area contributed by atoms with Crippen LogP contribution in [0.1, 0.15) is 17.0 Å². The van der Waals surface area contributed by atoms with E-state index in [0.717, 1.165) is 22.6 Å². The Morgan fingerprint density at radius 2 is 1.90 bits per heavy atom. The van der Waals surface area contributed by atoms with Gasteiger partial charge in [-0.05, 0) is 26.0 Å². The van der Waals surface area contributed by atoms with Gasteiger partial charge in [0.25, 0.3) is 0 Å². The van der Waals surface area contributed by atoms with E-state index in [2.05, 4.69) is 20.0 Å². The van der Waals surface area contributed by atoms with Crippen LogP contribution in [-0.4, -0.2) is 59.0 Å². The number of rotatable bonds is 5. The number of aromatic nitrogens is 4. The third-order valence-electron chi connectivity index (χ3n) is 5.04. The van der Waals surface area contributed by atoms with Crippen LogP contribution in [0.4, 0.5) is 5.82 Å². The van der Waals surface area contributed by atoms with Crippen molar-refractivity contribution in [1.29, 1.82) is 0 Å². The largest absolute Gasteiger partial charge is 0.364 e. The minimum Gasteiger partial charge on any atom is -0.364 e. The molecule has 0 bridgehead atoms. The van der Waals surface area contributed by atoms with Crippen molar-refractivity contribution in [2.45, 2.75) is 19.6 Å². The average Bonchev–Trinajstić information content (AvgIpc) is 3.23. The van der Waals surface area contributed by atoms with Crippen molar-refractivity contribution < 1.29 is 12.9 Å². The Bertz CT molecular complexity index is 1080. The average molecular weight is 414 g/mol. The predicted molar refractivity (Wildman–Crippen MR) is 108 cm³/mol. The molecule has 4 rings (SSSR count). The zero-order valence-electron chi connectivity index (χ0n) is 16.3. The van der Waals surface area contributed by atoms with Gasteiger partial charge in [-0.1, -0.05) is 5.16 Å². The fraction of sp³-hybridized carbons (Fsp3) is 0.368. The molecular formula is C19H22N6O3S. The van der Waals surface area contributed by atoms with Crippen molar-refractivity contribution >= 4 is 15.8 Å². The summed E-state index contributed by atoms with van der Waals surface area (Å²) in [5, 5.41) is 3.71. The lowest BCUT2D eigenvalue weighted by molar-refractivity contribution is 0.380. The van der Waals surface area contributed by atoms with E-state index in [1.54, 1.807) is 18.5 Å². The smallest absolute Gasteiger partial charge is 0.220 e. The molecular weight excluding hydrogens is 392 g/mol. The maximum absolute atomic E-state index is 12.6. The lowest BCUT2D eigenvalue weighted by Crippen LogP contribution is -2.49. The molecule has 0 aromatic carbocycles. The summed E-state index contributed by atoms with van der Waals surface area (Å²) >= 11 is 0. The van der Waals surface area contributed by atoms with Crippen LogP contribution in [0.2, 0.25) is 0 Å². The van der Waals surface area contributed by atoms with Gasteiger partial charge >= 0.3 is 0 Å². The summed E-state index contributed by atoms with van der Waals surface area (Å²) < 4.78 is 31.5. The van der Waals surface area contributed by atoms with Crippen molar-refractivity contribution in [3.8, 4) is 11.4 Å². The van der Waals surface area contributed by atoms with Crippen molar-refractivity contribution in [1.82, 2.24) is 24.4 Å². The summed E-state index contributed by atoms with van der Waals surface area (Å²) in [6, 6.07) is 5.35. The Morgan fingerprint density at radius 1 is 1.10 bits per heavy atom. The quantitative estimate of drug-likeness (QED) is 0.622. The summed E-state index contributed by atoms with van der Waals surface area (Å²) in [4.78, 5) is 15.6. The number of sulfonamides is 1. The van der Waals surface area contributed by atoms with Crippen LogP contribution in [0.3, 0.4) is 0 Å². The van der Waals surface area contributed by atoms with Crippen LogP contribution < -0.4 is 4.90 Å². The number of anilines is 1. The SMILES string of the molecule is Cc1nc(-c2cccnc2)nc(N2CCN(S(=O)(=O)Cc3ccon3)CC2)c1C. The molecule has 3 aromatic rings. The van der Waals surface area contributed by atoms with E-state index in [9.17, 15) is 8.42 Å². The highest BCUT2D eigenvalue weighted by molar-refractivity contribution is 7.88. The molecule has 0 amide bonds. The monoisotopic (exact) mass is 414 g/mol. The number of piperazine rings is 1. The predicted octanol–water partition coefficient (Wildman–Crippen LogP) is 1.80. The molecule has 1 fully saturated rings. The Balaban J connectivity index is 1.52. The zero-order chi connectivity index (χ0) is 20.4. The number of hydrogen-bond donors (Lipinski definition) is 0. The summed E-state index contributed by atoms with van der Waals surface area (Å²) in [5.41, 5.74) is 3.16. The van der Waals surface area contributed by atoms with E-state index in [1.165, 1.54) is 10.6 Å². The van der Waals surface area contributed by atoms with Gasteiger partial charge in [-0.2, -0.15) is 4.31 Å². The van der Waals surface area contributed by atoms with Gasteiger partial charge in [-0.25, -0.2) is 18.4 Å². The standard InChI is InChI=1S/C19H22N6O3S/c1-14-15(2)21-18(16-4-3-6-20-12-16)22-19(14)24-7-9-25(10-8-24)29(26,27)13-17-5-11-28-23-17/h3-6,11-12H,7-10,13H2,1-2H3. The van der Waals surface area contributed by atoms with E-state index in [4.69, 9.17) is 9.51 Å². The second-order valence-electron chi connectivity index (χ2n) is 6.96. The Hall–Kier alpha value is -2.85. The molecule has 29 heavy (non-hydrogen) atoms. The lowest BCUT2D eigenvalue weighted by Gasteiger charge is -2.35. The molecule has 0 radical (unpaired) electrons. The summed E-state index contributed by atoms with van der Waals surface area (Å²) in [7, 11) is -3.44. The molecule has 0 spiro atoms. The number of pyridine rings is 1. The fourth-order valence-electron chi connectivity index (χ4n) is 3.31. The topological polar surface area (TPSA) is 105 Å². The Labute approximate surface area is 169 Å². The van der Waals surface area contributed by atoms with Crippen LogP contribution in [0.15, 0.2) is 41.4 Å². The third-order valence-corrected chi connectivity index (χ3v) is 6.85. The molecule has 4 heterocycles. The van der Waals surface area contributed by atoms with E-state index in [1.807, 2.05) is 26.0 Å². The van der Waals surface area contributed by atoms with E-state index >= 15 is 0 Å². The first-order valence-corrected chi connectivity index (χ1v) is 10.9. The van der Waals surface area contributed by atoms with Crippen molar-refractivity contribution in [3.63, 3.8) is 0 Å². The van der Waals surface area contributed by atoms with Gasteiger partial charge in [-0.15, -0.1) is 0 Å². The lowest BCUT2D eigenvalue weighted by atomic mass is 10.2. The van der Waals surface area contributed by atoms with Gasteiger partial charge in [0.05, 0.1) is 5.69 Å². The second kappa shape index (κ2) is 7.88. The third kappa shape index (κ3) is 4.13. The Morgan fingerprint density at radius 3 is 2.55 bits per heavy atom. The number of nitrogens with zero attached hydrogens (tertiary/aromatic N) is 6. The van der Waals surface area contributed by atoms with Crippen LogP contribution in [0.25, 0.3) is 11.4 Å². The molecule has 152 valence electrons. The highest BCUT2D eigenvalue weighted by Gasteiger charge is 2.29. The van der Waals surface area contributed by atoms with Crippen LogP contribution in [0.5, 0.6) is 0 Å². The normalized spacial score (nSPS) is 15.6. The summed E-state index contributed by atoms with van der Waals surface area (Å²) in [6.45, 7) is 5.85. The van der Waals surface area contributed by atoms with Crippen molar-refractivity contribution in [3.05, 3.63) is 53.8 Å². The maximum Gasteiger partial charge on any atom is 0.220 e. The second-order valence-corrected chi connectivity index (χ2v) is 8.92. The first kappa shape index (κ1) is 19.5. The molecule has 9 nitrogen and oxygen atoms in total. The van der Waals surface area contributed by atoms with Gasteiger partial charge in [-0.3, -0.25) is 4.98 Å². The van der Waals surface area contributed by atoms with Crippen molar-refractivity contribution in [2.24, 2.45) is 0 Å². The minimum atomic E-state index is -3.44. The fourth-order valence-corrected chi connectivity index (χ4v) is 4.74. The first-order chi connectivity index (χ1) is 13.9. The molecule has 3 aromatic heterocycles. The molecule has 1 saturated heterocycles. The molecule has 0 atom stereocenters. The summed E-state index contributed by atoms with van der Waals surface area (Å²) in [5.74, 6) is 1.31. The molecule has 0 unspecified atom stereocenters. The molecule has 1 aliphatic heterocycles. The minimum absolute atomic E-state index is 0.152. The van der Waals surface area contributed by atoms with E-state index in [0.29, 0.717) is 37.7 Å². The first-order valence-electron chi connectivity index (χ1n) is 9.32. The van der Waals surface area contributed by atoms with E-state index in [-0.39, 0.29) is 5.75 Å². The van der Waals surface area contributed by atoms with Crippen molar-refractivity contribution in [2.75, 3.05) is 31.1 Å². The Kier molecular flexibility index (Phi) is 5.29. The molecule has 10 heteroatoms. The van der Waals surface area contributed by atoms with Gasteiger partial charge in [0.2, 0.25) is 10.0 Å². The zero-order valence-corrected chi connectivity index (χ0v) is 17.1. The van der Waals surface area contributed by atoms with E-state index < -0.39 is 10.0 Å². The van der Waals surface area contributed by atoms with Crippen LogP contribution in [-0.2, 0) is 15.8 Å². The molecule has 1 aliphatic rings.